The van der Waals surface area contributed by atoms with Gasteiger partial charge in [-0.05, 0) is 43.5 Å². The summed E-state index contributed by atoms with van der Waals surface area (Å²) in [4.78, 5) is 2.40. The van der Waals surface area contributed by atoms with Crippen molar-refractivity contribution >= 4 is 0 Å². The van der Waals surface area contributed by atoms with Gasteiger partial charge in [-0.15, -0.1) is 0 Å². The second kappa shape index (κ2) is 7.01. The molecule has 1 saturated heterocycles. The van der Waals surface area contributed by atoms with Crippen LogP contribution in [-0.4, -0.2) is 46.0 Å². The SMILES string of the molecule is OCCC(O)C(O)c1cccc(CN2CCCC2)c1. The molecule has 0 saturated carbocycles. The van der Waals surface area contributed by atoms with Gasteiger partial charge in [0.15, 0.2) is 0 Å². The van der Waals surface area contributed by atoms with Crippen LogP contribution in [0.25, 0.3) is 0 Å². The van der Waals surface area contributed by atoms with Gasteiger partial charge in [-0.1, -0.05) is 24.3 Å². The van der Waals surface area contributed by atoms with E-state index in [0.29, 0.717) is 0 Å². The molecule has 3 N–H and O–H groups in total. The second-order valence-electron chi connectivity index (χ2n) is 5.25. The van der Waals surface area contributed by atoms with Crippen molar-refractivity contribution in [2.24, 2.45) is 0 Å². The molecule has 1 aliphatic heterocycles. The zero-order valence-electron chi connectivity index (χ0n) is 11.2. The van der Waals surface area contributed by atoms with Crippen LogP contribution in [0.2, 0.25) is 0 Å². The maximum Gasteiger partial charge on any atom is 0.105 e. The van der Waals surface area contributed by atoms with E-state index in [4.69, 9.17) is 5.11 Å². The molecular weight excluding hydrogens is 242 g/mol. The fraction of sp³-hybridized carbons (Fsp3) is 0.600. The van der Waals surface area contributed by atoms with Gasteiger partial charge in [-0.3, -0.25) is 4.90 Å². The first-order valence-corrected chi connectivity index (χ1v) is 6.99. The Labute approximate surface area is 114 Å². The molecule has 0 aliphatic carbocycles. The number of hydrogen-bond donors (Lipinski definition) is 3. The fourth-order valence-electron chi connectivity index (χ4n) is 2.59. The molecule has 1 aliphatic rings. The number of aliphatic hydroxyl groups excluding tert-OH is 3. The third kappa shape index (κ3) is 4.01. The highest BCUT2D eigenvalue weighted by Gasteiger charge is 2.18. The van der Waals surface area contributed by atoms with Crippen LogP contribution in [0, 0.1) is 0 Å². The summed E-state index contributed by atoms with van der Waals surface area (Å²) in [6, 6.07) is 7.73. The smallest absolute Gasteiger partial charge is 0.105 e. The quantitative estimate of drug-likeness (QED) is 0.719. The molecule has 4 heteroatoms. The van der Waals surface area contributed by atoms with E-state index in [1.807, 2.05) is 24.3 Å². The molecule has 1 aromatic rings. The van der Waals surface area contributed by atoms with E-state index in [1.54, 1.807) is 0 Å². The Kier molecular flexibility index (Phi) is 5.34. The van der Waals surface area contributed by atoms with Crippen LogP contribution in [0.15, 0.2) is 24.3 Å². The number of rotatable bonds is 6. The molecule has 4 nitrogen and oxygen atoms in total. The fourth-order valence-corrected chi connectivity index (χ4v) is 2.59. The topological polar surface area (TPSA) is 63.9 Å². The molecule has 0 aromatic heterocycles. The normalized spacial score (nSPS) is 19.5. The van der Waals surface area contributed by atoms with Crippen molar-refractivity contribution in [3.05, 3.63) is 35.4 Å². The predicted octanol–water partition coefficient (Wildman–Crippen LogP) is 1.06. The summed E-state index contributed by atoms with van der Waals surface area (Å²) in [7, 11) is 0. The Morgan fingerprint density at radius 1 is 1.16 bits per heavy atom. The van der Waals surface area contributed by atoms with E-state index in [9.17, 15) is 10.2 Å². The van der Waals surface area contributed by atoms with E-state index in [1.165, 1.54) is 12.8 Å². The lowest BCUT2D eigenvalue weighted by Gasteiger charge is -2.19. The van der Waals surface area contributed by atoms with Crippen molar-refractivity contribution in [2.45, 2.75) is 38.0 Å². The van der Waals surface area contributed by atoms with E-state index in [0.717, 1.165) is 30.8 Å². The van der Waals surface area contributed by atoms with Crippen molar-refractivity contribution in [2.75, 3.05) is 19.7 Å². The van der Waals surface area contributed by atoms with E-state index in [-0.39, 0.29) is 13.0 Å². The van der Waals surface area contributed by atoms with Crippen molar-refractivity contribution in [3.63, 3.8) is 0 Å². The van der Waals surface area contributed by atoms with Gasteiger partial charge in [-0.2, -0.15) is 0 Å². The Morgan fingerprint density at radius 2 is 1.89 bits per heavy atom. The first kappa shape index (κ1) is 14.5. The highest BCUT2D eigenvalue weighted by atomic mass is 16.3. The molecule has 0 bridgehead atoms. The zero-order valence-corrected chi connectivity index (χ0v) is 11.2. The van der Waals surface area contributed by atoms with Gasteiger partial charge in [0.05, 0.1) is 6.10 Å². The molecule has 0 radical (unpaired) electrons. The van der Waals surface area contributed by atoms with Crippen molar-refractivity contribution in [3.8, 4) is 0 Å². The molecule has 1 fully saturated rings. The summed E-state index contributed by atoms with van der Waals surface area (Å²) in [5.41, 5.74) is 1.88. The minimum atomic E-state index is -0.925. The lowest BCUT2D eigenvalue weighted by molar-refractivity contribution is 0.00416. The predicted molar refractivity (Wildman–Crippen MR) is 73.6 cm³/mol. The summed E-state index contributed by atoms with van der Waals surface area (Å²) in [6.45, 7) is 3.06. The molecule has 1 heterocycles. The zero-order chi connectivity index (χ0) is 13.7. The van der Waals surface area contributed by atoms with Crippen molar-refractivity contribution < 1.29 is 15.3 Å². The minimum absolute atomic E-state index is 0.119. The van der Waals surface area contributed by atoms with Crippen molar-refractivity contribution in [1.82, 2.24) is 4.90 Å². The van der Waals surface area contributed by atoms with Crippen LogP contribution in [0.4, 0.5) is 0 Å². The van der Waals surface area contributed by atoms with E-state index in [2.05, 4.69) is 4.90 Å². The lowest BCUT2D eigenvalue weighted by Crippen LogP contribution is -2.21. The van der Waals surface area contributed by atoms with E-state index < -0.39 is 12.2 Å². The van der Waals surface area contributed by atoms with Crippen LogP contribution < -0.4 is 0 Å². The number of hydrogen-bond acceptors (Lipinski definition) is 4. The van der Waals surface area contributed by atoms with Gasteiger partial charge in [0, 0.05) is 13.2 Å². The minimum Gasteiger partial charge on any atom is -0.396 e. The number of nitrogens with zero attached hydrogens (tertiary/aromatic N) is 1. The Morgan fingerprint density at radius 3 is 2.58 bits per heavy atom. The Bertz CT molecular complexity index is 391. The molecule has 2 rings (SSSR count). The molecule has 1 aromatic carbocycles. The molecule has 106 valence electrons. The highest BCUT2D eigenvalue weighted by Crippen LogP contribution is 2.21. The summed E-state index contributed by atoms with van der Waals surface area (Å²) in [5, 5.41) is 28.6. The molecule has 2 atom stereocenters. The molecule has 2 unspecified atom stereocenters. The standard InChI is InChI=1S/C15H23NO3/c17-9-6-14(18)15(19)13-5-3-4-12(10-13)11-16-7-1-2-8-16/h3-5,10,14-15,17-19H,1-2,6-9,11H2. The van der Waals surface area contributed by atoms with Gasteiger partial charge in [0.2, 0.25) is 0 Å². The van der Waals surface area contributed by atoms with Crippen LogP contribution in [0.1, 0.15) is 36.5 Å². The maximum absolute atomic E-state index is 10.0. The molecule has 0 spiro atoms. The number of aliphatic hydroxyl groups is 3. The van der Waals surface area contributed by atoms with Crippen molar-refractivity contribution in [1.29, 1.82) is 0 Å². The Balaban J connectivity index is 2.01. The maximum atomic E-state index is 10.0. The third-order valence-electron chi connectivity index (χ3n) is 3.69. The third-order valence-corrected chi connectivity index (χ3v) is 3.69. The van der Waals surface area contributed by atoms with Gasteiger partial charge < -0.3 is 15.3 Å². The molecule has 19 heavy (non-hydrogen) atoms. The summed E-state index contributed by atoms with van der Waals surface area (Å²) in [6.07, 6.45) is 0.879. The van der Waals surface area contributed by atoms with Gasteiger partial charge >= 0.3 is 0 Å². The summed E-state index contributed by atoms with van der Waals surface area (Å²) >= 11 is 0. The van der Waals surface area contributed by atoms with Gasteiger partial charge in [0.25, 0.3) is 0 Å². The van der Waals surface area contributed by atoms with Crippen LogP contribution in [0.3, 0.4) is 0 Å². The summed E-state index contributed by atoms with van der Waals surface area (Å²) in [5.74, 6) is 0. The molecule has 0 amide bonds. The average Bonchev–Trinajstić information content (AvgIpc) is 2.91. The number of benzene rings is 1. The molecular formula is C15H23NO3. The van der Waals surface area contributed by atoms with Crippen LogP contribution >= 0.6 is 0 Å². The van der Waals surface area contributed by atoms with Crippen LogP contribution in [-0.2, 0) is 6.54 Å². The highest BCUT2D eigenvalue weighted by molar-refractivity contribution is 5.26. The van der Waals surface area contributed by atoms with Crippen LogP contribution in [0.5, 0.6) is 0 Å². The summed E-state index contributed by atoms with van der Waals surface area (Å²) < 4.78 is 0. The number of likely N-dealkylation sites (tertiary alicyclic amines) is 1. The first-order valence-electron chi connectivity index (χ1n) is 6.99. The van der Waals surface area contributed by atoms with E-state index >= 15 is 0 Å². The monoisotopic (exact) mass is 265 g/mol. The Hall–Kier alpha value is -0.940. The second-order valence-corrected chi connectivity index (χ2v) is 5.25. The van der Waals surface area contributed by atoms with Gasteiger partial charge in [-0.25, -0.2) is 0 Å². The largest absolute Gasteiger partial charge is 0.396 e. The first-order chi connectivity index (χ1) is 9.20. The lowest BCUT2D eigenvalue weighted by atomic mass is 10.00. The van der Waals surface area contributed by atoms with Gasteiger partial charge in [0.1, 0.15) is 6.10 Å². The average molecular weight is 265 g/mol.